The topological polar surface area (TPSA) is 38.5 Å². The molecule has 0 aromatic heterocycles. The van der Waals surface area contributed by atoms with Crippen LogP contribution in [0.3, 0.4) is 0 Å². The lowest BCUT2D eigenvalue weighted by Gasteiger charge is -2.39. The lowest BCUT2D eigenvalue weighted by atomic mass is 10.1. The van der Waals surface area contributed by atoms with E-state index in [1.54, 1.807) is 6.07 Å². The predicted octanol–water partition coefficient (Wildman–Crippen LogP) is 3.53. The molecule has 1 saturated heterocycles. The summed E-state index contributed by atoms with van der Waals surface area (Å²) in [6.45, 7) is 7.85. The molecule has 0 radical (unpaired) electrons. The Morgan fingerprint density at radius 1 is 1.45 bits per heavy atom. The summed E-state index contributed by atoms with van der Waals surface area (Å²) in [5, 5.41) is 0.535. The van der Waals surface area contributed by atoms with Crippen LogP contribution in [0.15, 0.2) is 12.1 Å². The second kappa shape index (κ2) is 6.57. The number of halogens is 1. The Morgan fingerprint density at radius 2 is 2.20 bits per heavy atom. The average Bonchev–Trinajstić information content (AvgIpc) is 2.41. The third-order valence-corrected chi connectivity index (χ3v) is 5.07. The van der Waals surface area contributed by atoms with Crippen LogP contribution in [0.4, 0.5) is 15.8 Å². The molecule has 1 heterocycles. The molecule has 2 N–H and O–H groups in total. The number of nitrogen functional groups attached to an aromatic ring is 1. The minimum Gasteiger partial charge on any atom is -0.490 e. The first kappa shape index (κ1) is 15.3. The van der Waals surface area contributed by atoms with Gasteiger partial charge in [-0.25, -0.2) is 4.39 Å². The summed E-state index contributed by atoms with van der Waals surface area (Å²) >= 11 is 1.96. The monoisotopic (exact) mass is 298 g/mol. The maximum absolute atomic E-state index is 13.9. The van der Waals surface area contributed by atoms with E-state index in [1.807, 2.05) is 18.7 Å². The average molecular weight is 298 g/mol. The number of hydrogen-bond donors (Lipinski definition) is 1. The summed E-state index contributed by atoms with van der Waals surface area (Å²) in [4.78, 5) is 2.26. The summed E-state index contributed by atoms with van der Waals surface area (Å²) < 4.78 is 19.3. The molecule has 0 aliphatic carbocycles. The quantitative estimate of drug-likeness (QED) is 0.863. The third-order valence-electron chi connectivity index (χ3n) is 3.74. The Balaban J connectivity index is 2.30. The molecule has 3 nitrogen and oxygen atoms in total. The highest BCUT2D eigenvalue weighted by Gasteiger charge is 2.27. The van der Waals surface area contributed by atoms with Gasteiger partial charge in [-0.3, -0.25) is 0 Å². The Kier molecular flexibility index (Phi) is 5.02. The molecule has 1 aliphatic rings. The van der Waals surface area contributed by atoms with Crippen LogP contribution in [0, 0.1) is 5.82 Å². The molecule has 20 heavy (non-hydrogen) atoms. The molecule has 0 spiro atoms. The molecule has 1 aromatic rings. The van der Waals surface area contributed by atoms with Gasteiger partial charge in [0.2, 0.25) is 0 Å². The van der Waals surface area contributed by atoms with E-state index in [-0.39, 0.29) is 5.82 Å². The van der Waals surface area contributed by atoms with Gasteiger partial charge in [-0.2, -0.15) is 11.8 Å². The summed E-state index contributed by atoms with van der Waals surface area (Å²) in [7, 11) is 0. The second-order valence-electron chi connectivity index (χ2n) is 5.20. The van der Waals surface area contributed by atoms with Crippen LogP contribution in [0.25, 0.3) is 0 Å². The Morgan fingerprint density at radius 3 is 2.90 bits per heavy atom. The molecule has 1 aliphatic heterocycles. The van der Waals surface area contributed by atoms with Crippen LogP contribution < -0.4 is 15.4 Å². The first-order valence-electron chi connectivity index (χ1n) is 7.14. The van der Waals surface area contributed by atoms with Crippen molar-refractivity contribution in [1.29, 1.82) is 0 Å². The maximum Gasteiger partial charge on any atom is 0.167 e. The van der Waals surface area contributed by atoms with E-state index in [0.29, 0.717) is 29.3 Å². The number of benzene rings is 1. The second-order valence-corrected chi connectivity index (χ2v) is 6.68. The zero-order valence-electron chi connectivity index (χ0n) is 12.4. The number of ether oxygens (including phenoxy) is 1. The van der Waals surface area contributed by atoms with Gasteiger partial charge in [0, 0.05) is 35.7 Å². The summed E-state index contributed by atoms with van der Waals surface area (Å²) in [6, 6.07) is 3.50. The number of hydrogen-bond acceptors (Lipinski definition) is 4. The highest BCUT2D eigenvalue weighted by atomic mass is 32.2. The van der Waals surface area contributed by atoms with Gasteiger partial charge in [-0.1, -0.05) is 13.8 Å². The van der Waals surface area contributed by atoms with Crippen LogP contribution in [-0.4, -0.2) is 30.2 Å². The number of thioether (sulfide) groups is 1. The molecule has 112 valence electrons. The predicted molar refractivity (Wildman–Crippen MR) is 85.3 cm³/mol. The van der Waals surface area contributed by atoms with Crippen molar-refractivity contribution >= 4 is 23.1 Å². The summed E-state index contributed by atoms with van der Waals surface area (Å²) in [6.07, 6.45) is 0.854. The van der Waals surface area contributed by atoms with Gasteiger partial charge in [0.05, 0.1) is 18.0 Å². The molecule has 2 atom stereocenters. The standard InChI is InChI=1S/C15H23FN2OS/c1-4-6-19-15-9-14(13(17)8-12(15)16)18-5-7-20-11(3)10(18)2/h8-11H,4-7,17H2,1-3H3. The highest BCUT2D eigenvalue weighted by Crippen LogP contribution is 2.36. The van der Waals surface area contributed by atoms with Gasteiger partial charge >= 0.3 is 0 Å². The fraction of sp³-hybridized carbons (Fsp3) is 0.600. The van der Waals surface area contributed by atoms with Crippen molar-refractivity contribution in [3.63, 3.8) is 0 Å². The molecule has 0 bridgehead atoms. The number of anilines is 2. The molecular formula is C15H23FN2OS. The van der Waals surface area contributed by atoms with Crippen LogP contribution in [0.2, 0.25) is 0 Å². The SMILES string of the molecule is CCCOc1cc(N2CCSC(C)C2C)c(N)cc1F. The third kappa shape index (κ3) is 3.14. The molecular weight excluding hydrogens is 275 g/mol. The largest absolute Gasteiger partial charge is 0.490 e. The van der Waals surface area contributed by atoms with E-state index in [9.17, 15) is 4.39 Å². The van der Waals surface area contributed by atoms with Crippen molar-refractivity contribution in [2.45, 2.75) is 38.5 Å². The van der Waals surface area contributed by atoms with Gasteiger partial charge in [-0.05, 0) is 13.3 Å². The molecule has 1 fully saturated rings. The van der Waals surface area contributed by atoms with Gasteiger partial charge in [0.25, 0.3) is 0 Å². The first-order valence-corrected chi connectivity index (χ1v) is 8.19. The fourth-order valence-corrected chi connectivity index (χ4v) is 3.50. The van der Waals surface area contributed by atoms with Crippen molar-refractivity contribution in [1.82, 2.24) is 0 Å². The van der Waals surface area contributed by atoms with Gasteiger partial charge in [0.1, 0.15) is 0 Å². The fourth-order valence-electron chi connectivity index (χ4n) is 2.40. The summed E-state index contributed by atoms with van der Waals surface area (Å²) in [5.74, 6) is 0.980. The molecule has 0 amide bonds. The summed E-state index contributed by atoms with van der Waals surface area (Å²) in [5.41, 5.74) is 7.38. The minimum absolute atomic E-state index is 0.300. The maximum atomic E-state index is 13.9. The number of nitrogens with zero attached hydrogens (tertiary/aromatic N) is 1. The minimum atomic E-state index is -0.383. The van der Waals surface area contributed by atoms with Gasteiger partial charge in [0.15, 0.2) is 11.6 Å². The van der Waals surface area contributed by atoms with Crippen molar-refractivity contribution in [3.05, 3.63) is 17.9 Å². The smallest absolute Gasteiger partial charge is 0.167 e. The van der Waals surface area contributed by atoms with Gasteiger partial charge in [-0.15, -0.1) is 0 Å². The lowest BCUT2D eigenvalue weighted by molar-refractivity contribution is 0.301. The van der Waals surface area contributed by atoms with E-state index in [2.05, 4.69) is 18.7 Å². The zero-order chi connectivity index (χ0) is 14.7. The Hall–Kier alpha value is -1.10. The zero-order valence-corrected chi connectivity index (χ0v) is 13.2. The molecule has 5 heteroatoms. The normalized spacial score (nSPS) is 22.9. The van der Waals surface area contributed by atoms with E-state index < -0.39 is 0 Å². The van der Waals surface area contributed by atoms with E-state index in [0.717, 1.165) is 24.4 Å². The molecule has 2 rings (SSSR count). The number of nitrogens with two attached hydrogens (primary N) is 1. The van der Waals surface area contributed by atoms with Crippen LogP contribution in [-0.2, 0) is 0 Å². The van der Waals surface area contributed by atoms with Crippen molar-refractivity contribution in [3.8, 4) is 5.75 Å². The van der Waals surface area contributed by atoms with Crippen LogP contribution >= 0.6 is 11.8 Å². The Bertz CT molecular complexity index is 469. The number of rotatable bonds is 4. The van der Waals surface area contributed by atoms with Gasteiger partial charge < -0.3 is 15.4 Å². The first-order chi connectivity index (χ1) is 9.54. The van der Waals surface area contributed by atoms with E-state index >= 15 is 0 Å². The molecule has 1 aromatic carbocycles. The van der Waals surface area contributed by atoms with Crippen molar-refractivity contribution in [2.75, 3.05) is 29.5 Å². The molecule has 2 unspecified atom stereocenters. The van der Waals surface area contributed by atoms with Crippen molar-refractivity contribution in [2.24, 2.45) is 0 Å². The van der Waals surface area contributed by atoms with E-state index in [4.69, 9.17) is 10.5 Å². The van der Waals surface area contributed by atoms with Crippen molar-refractivity contribution < 1.29 is 9.13 Å². The van der Waals surface area contributed by atoms with Crippen LogP contribution in [0.5, 0.6) is 5.75 Å². The van der Waals surface area contributed by atoms with E-state index in [1.165, 1.54) is 6.07 Å². The highest BCUT2D eigenvalue weighted by molar-refractivity contribution is 8.00. The lowest BCUT2D eigenvalue weighted by Crippen LogP contribution is -2.45. The Labute approximate surface area is 124 Å². The molecule has 0 saturated carbocycles. The van der Waals surface area contributed by atoms with Crippen LogP contribution in [0.1, 0.15) is 27.2 Å².